The second kappa shape index (κ2) is 16.1. The molecule has 0 radical (unpaired) electrons. The maximum absolute atomic E-state index is 14.2. The number of amides is 1. The van der Waals surface area contributed by atoms with E-state index in [1.165, 1.54) is 31.4 Å². The summed E-state index contributed by atoms with van der Waals surface area (Å²) in [5.41, 5.74) is 3.07. The van der Waals surface area contributed by atoms with Crippen molar-refractivity contribution in [3.05, 3.63) is 89.8 Å². The van der Waals surface area contributed by atoms with Crippen LogP contribution in [-0.4, -0.2) is 85.6 Å². The molecule has 0 fully saturated rings. The SMILES string of the molecule is COc1cccc(NC(=O)c2c(-c3ccc(F)cc3)c(-c3ccc(F)cc3)c(CC[C@@H](O)C[C@@H](O)CC(=O)O)n2C(C)C)n1.[NaH]. The number of methoxy groups -OCH3 is 1. The maximum atomic E-state index is 14.2. The summed E-state index contributed by atoms with van der Waals surface area (Å²) in [5, 5.41) is 32.6. The zero-order valence-electron chi connectivity index (χ0n) is 24.6. The van der Waals surface area contributed by atoms with E-state index in [1.54, 1.807) is 42.5 Å². The molecule has 0 saturated heterocycles. The molecule has 0 saturated carbocycles. The van der Waals surface area contributed by atoms with Gasteiger partial charge in [-0.25, -0.2) is 8.78 Å². The summed E-state index contributed by atoms with van der Waals surface area (Å²) >= 11 is 0. The minimum atomic E-state index is -1.23. The third-order valence-corrected chi connectivity index (χ3v) is 7.15. The number of pyridine rings is 1. The number of carbonyl (C=O) groups is 2. The standard InChI is InChI=1S/C33H35F2N3O6.Na.H/c1-19(2)38-26(16-15-24(39)17-25(40)18-29(41)42)30(20-7-11-22(34)12-8-20)31(21-9-13-23(35)14-10-21)32(38)33(43)37-27-5-4-6-28(36-27)44-3;;/h4-14,19,24-25,39-40H,15-18H2,1-3H3,(H,41,42)(H,36,37,43);;/t24-,25-;;/m1../s1. The van der Waals surface area contributed by atoms with E-state index in [0.29, 0.717) is 33.8 Å². The Morgan fingerprint density at radius 1 is 0.911 bits per heavy atom. The number of hydrogen-bond donors (Lipinski definition) is 4. The van der Waals surface area contributed by atoms with E-state index in [2.05, 4.69) is 10.3 Å². The minimum absolute atomic E-state index is 0. The molecule has 45 heavy (non-hydrogen) atoms. The molecule has 2 heterocycles. The van der Waals surface area contributed by atoms with Crippen molar-refractivity contribution in [3.8, 4) is 28.1 Å². The van der Waals surface area contributed by atoms with E-state index in [4.69, 9.17) is 9.84 Å². The molecule has 234 valence electrons. The van der Waals surface area contributed by atoms with E-state index < -0.39 is 42.1 Å². The molecule has 0 unspecified atom stereocenters. The van der Waals surface area contributed by atoms with Crippen LogP contribution >= 0.6 is 0 Å². The van der Waals surface area contributed by atoms with E-state index in [0.717, 1.165) is 0 Å². The third-order valence-electron chi connectivity index (χ3n) is 7.15. The van der Waals surface area contributed by atoms with E-state index in [9.17, 15) is 28.6 Å². The van der Waals surface area contributed by atoms with Gasteiger partial charge in [-0.3, -0.25) is 9.59 Å². The zero-order chi connectivity index (χ0) is 32.0. The van der Waals surface area contributed by atoms with Gasteiger partial charge in [-0.15, -0.1) is 0 Å². The number of nitrogens with one attached hydrogen (secondary N) is 1. The Kier molecular flexibility index (Phi) is 12.8. The van der Waals surface area contributed by atoms with Crippen LogP contribution in [0.5, 0.6) is 5.88 Å². The Morgan fingerprint density at radius 3 is 2.02 bits per heavy atom. The number of hydrogen-bond acceptors (Lipinski definition) is 6. The van der Waals surface area contributed by atoms with Crippen molar-refractivity contribution in [2.45, 2.75) is 57.8 Å². The predicted octanol–water partition coefficient (Wildman–Crippen LogP) is 5.21. The fourth-order valence-corrected chi connectivity index (χ4v) is 5.30. The number of nitrogens with zero attached hydrogens (tertiary/aromatic N) is 2. The fourth-order valence-electron chi connectivity index (χ4n) is 5.30. The number of carboxylic acids is 1. The van der Waals surface area contributed by atoms with Crippen molar-refractivity contribution < 1.29 is 38.4 Å². The Hall–Kier alpha value is -3.61. The molecule has 4 aromatic rings. The van der Waals surface area contributed by atoms with Crippen molar-refractivity contribution in [2.75, 3.05) is 12.4 Å². The van der Waals surface area contributed by atoms with E-state index >= 15 is 0 Å². The van der Waals surface area contributed by atoms with Gasteiger partial charge in [0.2, 0.25) is 5.88 Å². The molecule has 0 aliphatic rings. The number of benzene rings is 2. The number of carbonyl (C=O) groups excluding carboxylic acids is 1. The number of aliphatic carboxylic acids is 1. The zero-order valence-corrected chi connectivity index (χ0v) is 24.6. The summed E-state index contributed by atoms with van der Waals surface area (Å²) in [4.78, 5) is 29.4. The molecule has 0 aliphatic carbocycles. The quantitative estimate of drug-likeness (QED) is 0.149. The molecule has 12 heteroatoms. The van der Waals surface area contributed by atoms with Crippen LogP contribution < -0.4 is 10.1 Å². The summed E-state index contributed by atoms with van der Waals surface area (Å²) in [6.07, 6.45) is -2.60. The van der Waals surface area contributed by atoms with Gasteiger partial charge < -0.3 is 29.9 Å². The molecular weight excluding hydrogens is 595 g/mol. The summed E-state index contributed by atoms with van der Waals surface area (Å²) in [5.74, 6) is -2.06. The first kappa shape index (κ1) is 35.9. The Labute approximate surface area is 282 Å². The number of aliphatic hydroxyl groups excluding tert-OH is 2. The first-order valence-corrected chi connectivity index (χ1v) is 14.2. The molecular formula is C33H36F2N3NaO6. The predicted molar refractivity (Wildman–Crippen MR) is 169 cm³/mol. The number of aliphatic hydroxyl groups is 2. The van der Waals surface area contributed by atoms with Crippen molar-refractivity contribution >= 4 is 47.3 Å². The van der Waals surface area contributed by atoms with E-state index in [-0.39, 0.29) is 66.4 Å². The first-order chi connectivity index (χ1) is 21.0. The van der Waals surface area contributed by atoms with Crippen LogP contribution in [0.2, 0.25) is 0 Å². The summed E-state index contributed by atoms with van der Waals surface area (Å²) in [7, 11) is 1.46. The molecule has 4 N–H and O–H groups in total. The van der Waals surface area contributed by atoms with Crippen LogP contribution in [0.4, 0.5) is 14.6 Å². The van der Waals surface area contributed by atoms with Gasteiger partial charge in [-0.05, 0) is 74.6 Å². The second-order valence-electron chi connectivity index (χ2n) is 10.7. The number of ether oxygens (including phenoxy) is 1. The molecule has 0 spiro atoms. The molecule has 0 aliphatic heterocycles. The average molecular weight is 632 g/mol. The number of carboxylic acid groups (broad SMARTS) is 1. The third kappa shape index (κ3) is 8.99. The average Bonchev–Trinajstić information content (AvgIpc) is 3.32. The van der Waals surface area contributed by atoms with Gasteiger partial charge in [-0.2, -0.15) is 4.98 Å². The van der Waals surface area contributed by atoms with E-state index in [1.807, 2.05) is 18.4 Å². The number of anilines is 1. The van der Waals surface area contributed by atoms with Gasteiger partial charge in [0.15, 0.2) is 0 Å². The topological polar surface area (TPSA) is 134 Å². The van der Waals surface area contributed by atoms with Crippen molar-refractivity contribution in [1.82, 2.24) is 9.55 Å². The Morgan fingerprint density at radius 2 is 1.49 bits per heavy atom. The molecule has 0 bridgehead atoms. The fraction of sp³-hybridized carbons (Fsp3) is 0.303. The Bertz CT molecular complexity index is 1610. The Balaban J connectivity index is 0.00000552. The van der Waals surface area contributed by atoms with Gasteiger partial charge in [0.05, 0.1) is 25.7 Å². The van der Waals surface area contributed by atoms with Crippen LogP contribution in [0.1, 0.15) is 55.3 Å². The first-order valence-electron chi connectivity index (χ1n) is 14.2. The number of rotatable bonds is 13. The van der Waals surface area contributed by atoms with Crippen LogP contribution in [0, 0.1) is 11.6 Å². The van der Waals surface area contributed by atoms with Gasteiger partial charge in [-0.1, -0.05) is 30.3 Å². The van der Waals surface area contributed by atoms with Crippen molar-refractivity contribution in [3.63, 3.8) is 0 Å². The molecule has 1 amide bonds. The molecule has 9 nitrogen and oxygen atoms in total. The van der Waals surface area contributed by atoms with Gasteiger partial charge in [0.25, 0.3) is 5.91 Å². The van der Waals surface area contributed by atoms with Gasteiger partial charge in [0.1, 0.15) is 23.1 Å². The number of aromatic nitrogens is 2. The van der Waals surface area contributed by atoms with Crippen LogP contribution in [0.15, 0.2) is 66.7 Å². The van der Waals surface area contributed by atoms with Gasteiger partial charge >= 0.3 is 35.5 Å². The van der Waals surface area contributed by atoms with Crippen LogP contribution in [0.25, 0.3) is 22.3 Å². The normalized spacial score (nSPS) is 12.4. The second-order valence-corrected chi connectivity index (χ2v) is 10.7. The van der Waals surface area contributed by atoms with Crippen molar-refractivity contribution in [2.24, 2.45) is 0 Å². The summed E-state index contributed by atoms with van der Waals surface area (Å²) < 4.78 is 35.1. The van der Waals surface area contributed by atoms with Crippen molar-refractivity contribution in [1.29, 1.82) is 0 Å². The monoisotopic (exact) mass is 631 g/mol. The molecule has 2 aromatic heterocycles. The number of halogens is 2. The van der Waals surface area contributed by atoms with Gasteiger partial charge in [0, 0.05) is 28.9 Å². The molecule has 4 rings (SSSR count). The summed E-state index contributed by atoms with van der Waals surface area (Å²) in [6.45, 7) is 3.78. The molecule has 2 aromatic carbocycles. The van der Waals surface area contributed by atoms with Crippen LogP contribution in [-0.2, 0) is 11.2 Å². The summed E-state index contributed by atoms with van der Waals surface area (Å²) in [6, 6.07) is 16.1. The van der Waals surface area contributed by atoms with Crippen LogP contribution in [0.3, 0.4) is 0 Å². The molecule has 2 atom stereocenters.